The van der Waals surface area contributed by atoms with E-state index >= 15 is 0 Å². The number of aliphatic carboxylic acids is 1. The van der Waals surface area contributed by atoms with Crippen molar-refractivity contribution in [2.24, 2.45) is 5.92 Å². The van der Waals surface area contributed by atoms with Crippen molar-refractivity contribution >= 4 is 23.3 Å². The van der Waals surface area contributed by atoms with Crippen molar-refractivity contribution < 1.29 is 24.5 Å². The van der Waals surface area contributed by atoms with Crippen molar-refractivity contribution in [3.63, 3.8) is 0 Å². The number of non-ortho nitro benzene ring substituents is 2. The molecule has 0 unspecified atom stereocenters. The lowest BCUT2D eigenvalue weighted by molar-refractivity contribution is -0.394. The molecule has 0 saturated heterocycles. The van der Waals surface area contributed by atoms with Crippen molar-refractivity contribution in [1.29, 1.82) is 0 Å². The summed E-state index contributed by atoms with van der Waals surface area (Å²) in [5, 5.41) is 32.9. The molecule has 1 amide bonds. The van der Waals surface area contributed by atoms with Gasteiger partial charge in [-0.25, -0.2) is 4.79 Å². The summed E-state index contributed by atoms with van der Waals surface area (Å²) >= 11 is 0. The molecule has 0 aromatic heterocycles. The lowest BCUT2D eigenvalue weighted by Gasteiger charge is -2.16. The average Bonchev–Trinajstić information content (AvgIpc) is 2.45. The van der Waals surface area contributed by atoms with Crippen molar-refractivity contribution in [1.82, 2.24) is 5.32 Å². The number of carbonyl (C=O) groups is 2. The SMILES string of the molecule is CC(C)C[C@@H](NC(=O)c1cc([N+](=O)[O-])cc([N+](=O)[O-])c1)C(=O)O. The van der Waals surface area contributed by atoms with E-state index in [1.54, 1.807) is 13.8 Å². The van der Waals surface area contributed by atoms with Crippen LogP contribution in [0.3, 0.4) is 0 Å². The van der Waals surface area contributed by atoms with Crippen LogP contribution in [0.15, 0.2) is 18.2 Å². The number of nitrogens with one attached hydrogen (secondary N) is 1. The molecule has 1 aromatic rings. The van der Waals surface area contributed by atoms with Gasteiger partial charge in [-0.1, -0.05) is 13.8 Å². The predicted octanol–water partition coefficient (Wildman–Crippen LogP) is 1.73. The lowest BCUT2D eigenvalue weighted by atomic mass is 10.0. The van der Waals surface area contributed by atoms with E-state index in [4.69, 9.17) is 5.11 Å². The van der Waals surface area contributed by atoms with Crippen LogP contribution in [0.2, 0.25) is 0 Å². The van der Waals surface area contributed by atoms with Gasteiger partial charge in [0, 0.05) is 12.1 Å². The minimum atomic E-state index is -1.26. The molecule has 10 heteroatoms. The van der Waals surface area contributed by atoms with E-state index in [9.17, 15) is 29.8 Å². The summed E-state index contributed by atoms with van der Waals surface area (Å²) in [5.41, 5.74) is -1.60. The van der Waals surface area contributed by atoms with Gasteiger partial charge in [0.05, 0.1) is 21.5 Å². The second-order valence-corrected chi connectivity index (χ2v) is 5.25. The highest BCUT2D eigenvalue weighted by molar-refractivity contribution is 5.97. The minimum Gasteiger partial charge on any atom is -0.480 e. The first kappa shape index (κ1) is 18.0. The fourth-order valence-electron chi connectivity index (χ4n) is 1.87. The zero-order chi connectivity index (χ0) is 17.7. The normalized spacial score (nSPS) is 11.8. The number of hydrogen-bond donors (Lipinski definition) is 2. The second kappa shape index (κ2) is 7.29. The van der Waals surface area contributed by atoms with Gasteiger partial charge in [0.2, 0.25) is 0 Å². The van der Waals surface area contributed by atoms with Crippen LogP contribution in [-0.4, -0.2) is 32.9 Å². The zero-order valence-corrected chi connectivity index (χ0v) is 12.4. The predicted molar refractivity (Wildman–Crippen MR) is 78.1 cm³/mol. The molecule has 0 bridgehead atoms. The monoisotopic (exact) mass is 325 g/mol. The number of amides is 1. The van der Waals surface area contributed by atoms with Crippen molar-refractivity contribution in [2.75, 3.05) is 0 Å². The summed E-state index contributed by atoms with van der Waals surface area (Å²) in [6.07, 6.45) is 0.151. The highest BCUT2D eigenvalue weighted by atomic mass is 16.6. The number of carboxylic acids is 1. The number of nitrogens with zero attached hydrogens (tertiary/aromatic N) is 2. The molecular weight excluding hydrogens is 310 g/mol. The minimum absolute atomic E-state index is 0.0177. The first-order chi connectivity index (χ1) is 10.6. The third-order valence-corrected chi connectivity index (χ3v) is 2.90. The van der Waals surface area contributed by atoms with Gasteiger partial charge in [0.25, 0.3) is 17.3 Å². The van der Waals surface area contributed by atoms with Gasteiger partial charge in [-0.2, -0.15) is 0 Å². The first-order valence-electron chi connectivity index (χ1n) is 6.59. The summed E-state index contributed by atoms with van der Waals surface area (Å²) in [6.45, 7) is 3.53. The topological polar surface area (TPSA) is 153 Å². The van der Waals surface area contributed by atoms with Crippen LogP contribution in [0, 0.1) is 26.1 Å². The van der Waals surface area contributed by atoms with Gasteiger partial charge >= 0.3 is 5.97 Å². The molecule has 2 N–H and O–H groups in total. The van der Waals surface area contributed by atoms with Crippen LogP contribution in [-0.2, 0) is 4.79 Å². The molecule has 1 atom stereocenters. The smallest absolute Gasteiger partial charge is 0.326 e. The number of benzene rings is 1. The Morgan fingerprint density at radius 3 is 1.96 bits per heavy atom. The van der Waals surface area contributed by atoms with Gasteiger partial charge in [0.1, 0.15) is 6.04 Å². The molecule has 23 heavy (non-hydrogen) atoms. The van der Waals surface area contributed by atoms with E-state index in [2.05, 4.69) is 5.32 Å². The molecule has 1 aromatic carbocycles. The Kier molecular flexibility index (Phi) is 5.71. The Morgan fingerprint density at radius 1 is 1.13 bits per heavy atom. The van der Waals surface area contributed by atoms with Gasteiger partial charge in [-0.15, -0.1) is 0 Å². The van der Waals surface area contributed by atoms with E-state index in [0.29, 0.717) is 0 Å². The van der Waals surface area contributed by atoms with E-state index in [1.807, 2.05) is 0 Å². The highest BCUT2D eigenvalue weighted by Crippen LogP contribution is 2.22. The third kappa shape index (κ3) is 5.02. The zero-order valence-electron chi connectivity index (χ0n) is 12.4. The molecule has 0 aliphatic heterocycles. The summed E-state index contributed by atoms with van der Waals surface area (Å²) in [7, 11) is 0. The molecule has 1 rings (SSSR count). The highest BCUT2D eigenvalue weighted by Gasteiger charge is 2.24. The summed E-state index contributed by atoms with van der Waals surface area (Å²) in [5.74, 6) is -2.20. The van der Waals surface area contributed by atoms with E-state index in [1.165, 1.54) is 0 Å². The fourth-order valence-corrected chi connectivity index (χ4v) is 1.87. The van der Waals surface area contributed by atoms with E-state index < -0.39 is 39.1 Å². The molecule has 0 aliphatic rings. The Balaban J connectivity index is 3.13. The van der Waals surface area contributed by atoms with Crippen molar-refractivity contribution in [2.45, 2.75) is 26.3 Å². The van der Waals surface area contributed by atoms with E-state index in [0.717, 1.165) is 18.2 Å². The Bertz CT molecular complexity index is 625. The average molecular weight is 325 g/mol. The number of carboxylic acid groups (broad SMARTS) is 1. The molecule has 124 valence electrons. The number of nitro benzene ring substituents is 2. The van der Waals surface area contributed by atoms with Gasteiger partial charge in [-0.05, 0) is 12.3 Å². The van der Waals surface area contributed by atoms with Crippen LogP contribution in [0.5, 0.6) is 0 Å². The van der Waals surface area contributed by atoms with Gasteiger partial charge < -0.3 is 10.4 Å². The number of nitro groups is 2. The Morgan fingerprint density at radius 2 is 1.61 bits per heavy atom. The maximum atomic E-state index is 12.1. The third-order valence-electron chi connectivity index (χ3n) is 2.90. The van der Waals surface area contributed by atoms with Crippen molar-refractivity contribution in [3.8, 4) is 0 Å². The Labute approximate surface area is 130 Å². The standard InChI is InChI=1S/C13H15N3O7/c1-7(2)3-11(13(18)19)14-12(17)8-4-9(15(20)21)6-10(5-8)16(22)23/h4-7,11H,3H2,1-2H3,(H,14,17)(H,18,19)/t11-/m1/s1. The van der Waals surface area contributed by atoms with Crippen LogP contribution < -0.4 is 5.32 Å². The molecular formula is C13H15N3O7. The quantitative estimate of drug-likeness (QED) is 0.571. The molecule has 10 nitrogen and oxygen atoms in total. The molecule has 0 heterocycles. The molecule has 0 spiro atoms. The van der Waals surface area contributed by atoms with Crippen molar-refractivity contribution in [3.05, 3.63) is 44.0 Å². The molecule has 0 saturated carbocycles. The first-order valence-corrected chi connectivity index (χ1v) is 6.59. The fraction of sp³-hybridized carbons (Fsp3) is 0.385. The molecule has 0 aliphatic carbocycles. The second-order valence-electron chi connectivity index (χ2n) is 5.25. The van der Waals surface area contributed by atoms with Crippen LogP contribution in [0.1, 0.15) is 30.6 Å². The van der Waals surface area contributed by atoms with Gasteiger partial charge in [-0.3, -0.25) is 25.0 Å². The molecule has 0 fully saturated rings. The summed E-state index contributed by atoms with van der Waals surface area (Å²) < 4.78 is 0. The summed E-state index contributed by atoms with van der Waals surface area (Å²) in [6, 6.07) is 1.24. The Hall–Kier alpha value is -3.04. The van der Waals surface area contributed by atoms with Gasteiger partial charge in [0.15, 0.2) is 0 Å². The number of hydrogen-bond acceptors (Lipinski definition) is 6. The number of carbonyl (C=O) groups excluding carboxylic acids is 1. The lowest BCUT2D eigenvalue weighted by Crippen LogP contribution is -2.41. The van der Waals surface area contributed by atoms with E-state index in [-0.39, 0.29) is 17.9 Å². The maximum absolute atomic E-state index is 12.1. The van der Waals surface area contributed by atoms with Crippen LogP contribution in [0.4, 0.5) is 11.4 Å². The largest absolute Gasteiger partial charge is 0.480 e. The number of rotatable bonds is 7. The van der Waals surface area contributed by atoms with Crippen LogP contribution in [0.25, 0.3) is 0 Å². The van der Waals surface area contributed by atoms with Crippen LogP contribution >= 0.6 is 0 Å². The maximum Gasteiger partial charge on any atom is 0.326 e. The summed E-state index contributed by atoms with van der Waals surface area (Å²) in [4.78, 5) is 43.0. The molecule has 0 radical (unpaired) electrons.